The predicted molar refractivity (Wildman–Crippen MR) is 99.9 cm³/mol. The van der Waals surface area contributed by atoms with Crippen molar-refractivity contribution in [3.05, 3.63) is 95.3 Å². The standard InChI is InChI=1S/C21H17FN2O2/c1-14-10-12-16(13-11-14)24-21(26)18-9-5-8-17(19(18)22)20(25)23-15-6-3-2-4-7-15/h2-13H,1H3,(H,23,25)(H,24,26). The second kappa shape index (κ2) is 7.61. The van der Waals surface area contributed by atoms with E-state index >= 15 is 0 Å². The van der Waals surface area contributed by atoms with Crippen molar-refractivity contribution in [2.75, 3.05) is 10.6 Å². The van der Waals surface area contributed by atoms with Crippen LogP contribution in [0, 0.1) is 12.7 Å². The zero-order valence-electron chi connectivity index (χ0n) is 14.1. The van der Waals surface area contributed by atoms with Crippen molar-refractivity contribution in [1.29, 1.82) is 0 Å². The van der Waals surface area contributed by atoms with Gasteiger partial charge in [-0.15, -0.1) is 0 Å². The largest absolute Gasteiger partial charge is 0.322 e. The van der Waals surface area contributed by atoms with Gasteiger partial charge in [-0.05, 0) is 43.3 Å². The van der Waals surface area contributed by atoms with Crippen LogP contribution in [0.4, 0.5) is 15.8 Å². The number of aryl methyl sites for hydroxylation is 1. The number of carbonyl (C=O) groups is 2. The van der Waals surface area contributed by atoms with Crippen LogP contribution >= 0.6 is 0 Å². The maximum absolute atomic E-state index is 14.7. The highest BCUT2D eigenvalue weighted by molar-refractivity contribution is 6.09. The number of rotatable bonds is 4. The van der Waals surface area contributed by atoms with E-state index in [2.05, 4.69) is 10.6 Å². The molecular formula is C21H17FN2O2. The van der Waals surface area contributed by atoms with Gasteiger partial charge in [0.1, 0.15) is 5.82 Å². The topological polar surface area (TPSA) is 58.2 Å². The molecule has 130 valence electrons. The lowest BCUT2D eigenvalue weighted by atomic mass is 10.1. The molecule has 0 saturated carbocycles. The van der Waals surface area contributed by atoms with Gasteiger partial charge in [-0.1, -0.05) is 42.0 Å². The maximum Gasteiger partial charge on any atom is 0.258 e. The lowest BCUT2D eigenvalue weighted by molar-refractivity contribution is 0.102. The molecule has 0 aromatic heterocycles. The highest BCUT2D eigenvalue weighted by Crippen LogP contribution is 2.18. The molecule has 0 aliphatic carbocycles. The van der Waals surface area contributed by atoms with Gasteiger partial charge in [-0.3, -0.25) is 9.59 Å². The van der Waals surface area contributed by atoms with Gasteiger partial charge in [-0.25, -0.2) is 4.39 Å². The molecule has 0 fully saturated rings. The molecule has 0 aliphatic rings. The third kappa shape index (κ3) is 3.95. The molecule has 0 bridgehead atoms. The van der Waals surface area contributed by atoms with E-state index in [4.69, 9.17) is 0 Å². The summed E-state index contributed by atoms with van der Waals surface area (Å²) in [5.74, 6) is -2.08. The number of carbonyl (C=O) groups excluding carboxylic acids is 2. The van der Waals surface area contributed by atoms with Crippen LogP contribution in [0.5, 0.6) is 0 Å². The van der Waals surface area contributed by atoms with Crippen molar-refractivity contribution in [2.45, 2.75) is 6.92 Å². The van der Waals surface area contributed by atoms with Crippen LogP contribution in [0.2, 0.25) is 0 Å². The van der Waals surface area contributed by atoms with Crippen molar-refractivity contribution >= 4 is 23.2 Å². The zero-order chi connectivity index (χ0) is 18.5. The molecule has 0 aliphatic heterocycles. The number of benzene rings is 3. The summed E-state index contributed by atoms with van der Waals surface area (Å²) in [6.45, 7) is 1.93. The van der Waals surface area contributed by atoms with Crippen molar-refractivity contribution in [3.8, 4) is 0 Å². The molecule has 3 rings (SSSR count). The van der Waals surface area contributed by atoms with Crippen LogP contribution in [0.3, 0.4) is 0 Å². The predicted octanol–water partition coefficient (Wildman–Crippen LogP) is 4.64. The molecule has 4 nitrogen and oxygen atoms in total. The van der Waals surface area contributed by atoms with Gasteiger partial charge in [-0.2, -0.15) is 0 Å². The number of anilines is 2. The summed E-state index contributed by atoms with van der Waals surface area (Å²) in [7, 11) is 0. The van der Waals surface area contributed by atoms with Crippen molar-refractivity contribution in [3.63, 3.8) is 0 Å². The van der Waals surface area contributed by atoms with E-state index in [1.807, 2.05) is 25.1 Å². The highest BCUT2D eigenvalue weighted by Gasteiger charge is 2.19. The first kappa shape index (κ1) is 17.4. The summed E-state index contributed by atoms with van der Waals surface area (Å²) in [4.78, 5) is 24.7. The number of para-hydroxylation sites is 1. The molecule has 0 unspecified atom stereocenters. The first-order chi connectivity index (χ1) is 12.5. The van der Waals surface area contributed by atoms with E-state index in [9.17, 15) is 14.0 Å². The van der Waals surface area contributed by atoms with E-state index < -0.39 is 17.6 Å². The average Bonchev–Trinajstić information content (AvgIpc) is 2.64. The number of hydrogen-bond donors (Lipinski definition) is 2. The lowest BCUT2D eigenvalue weighted by Gasteiger charge is -2.10. The Bertz CT molecular complexity index is 938. The zero-order valence-corrected chi connectivity index (χ0v) is 14.1. The Morgan fingerprint density at radius 1 is 0.692 bits per heavy atom. The Morgan fingerprint density at radius 2 is 1.19 bits per heavy atom. The SMILES string of the molecule is Cc1ccc(NC(=O)c2cccc(C(=O)Nc3ccccc3)c2F)cc1. The summed E-state index contributed by atoms with van der Waals surface area (Å²) in [5.41, 5.74) is 1.77. The molecule has 0 radical (unpaired) electrons. The normalized spacial score (nSPS) is 10.2. The molecule has 5 heteroatoms. The molecular weight excluding hydrogens is 331 g/mol. The number of hydrogen-bond acceptors (Lipinski definition) is 2. The van der Waals surface area contributed by atoms with Gasteiger partial charge in [0.2, 0.25) is 0 Å². The van der Waals surface area contributed by atoms with E-state index in [0.717, 1.165) is 5.56 Å². The summed E-state index contributed by atoms with van der Waals surface area (Å²) < 4.78 is 14.7. The van der Waals surface area contributed by atoms with Crippen LogP contribution in [0.15, 0.2) is 72.8 Å². The Hall–Kier alpha value is -3.47. The minimum Gasteiger partial charge on any atom is -0.322 e. The summed E-state index contributed by atoms with van der Waals surface area (Å²) in [5, 5.41) is 5.24. The molecule has 0 spiro atoms. The second-order valence-corrected chi connectivity index (χ2v) is 5.81. The summed E-state index contributed by atoms with van der Waals surface area (Å²) in [6.07, 6.45) is 0. The maximum atomic E-state index is 14.7. The fourth-order valence-electron chi connectivity index (χ4n) is 2.44. The Balaban J connectivity index is 1.81. The van der Waals surface area contributed by atoms with Crippen LogP contribution in [0.25, 0.3) is 0 Å². The fraction of sp³-hybridized carbons (Fsp3) is 0.0476. The van der Waals surface area contributed by atoms with Gasteiger partial charge in [0.05, 0.1) is 11.1 Å². The van der Waals surface area contributed by atoms with Crippen LogP contribution < -0.4 is 10.6 Å². The minimum absolute atomic E-state index is 0.189. The Labute approximate surface area is 150 Å². The summed E-state index contributed by atoms with van der Waals surface area (Å²) in [6, 6.07) is 20.1. The van der Waals surface area contributed by atoms with Gasteiger partial charge in [0.15, 0.2) is 0 Å². The number of halogens is 1. The average molecular weight is 348 g/mol. The molecule has 3 aromatic carbocycles. The monoisotopic (exact) mass is 348 g/mol. The quantitative estimate of drug-likeness (QED) is 0.722. The van der Waals surface area contributed by atoms with Crippen molar-refractivity contribution < 1.29 is 14.0 Å². The Morgan fingerprint density at radius 3 is 1.73 bits per heavy atom. The van der Waals surface area contributed by atoms with Gasteiger partial charge < -0.3 is 10.6 Å². The van der Waals surface area contributed by atoms with E-state index in [1.165, 1.54) is 18.2 Å². The number of amides is 2. The second-order valence-electron chi connectivity index (χ2n) is 5.81. The van der Waals surface area contributed by atoms with Crippen LogP contribution in [0.1, 0.15) is 26.3 Å². The smallest absolute Gasteiger partial charge is 0.258 e. The molecule has 2 amide bonds. The molecule has 0 heterocycles. The van der Waals surface area contributed by atoms with Crippen LogP contribution in [-0.2, 0) is 0 Å². The molecule has 3 aromatic rings. The Kier molecular flexibility index (Phi) is 5.08. The lowest BCUT2D eigenvalue weighted by Crippen LogP contribution is -2.19. The first-order valence-electron chi connectivity index (χ1n) is 8.07. The third-order valence-corrected chi connectivity index (χ3v) is 3.83. The van der Waals surface area contributed by atoms with Crippen molar-refractivity contribution in [1.82, 2.24) is 0 Å². The van der Waals surface area contributed by atoms with Crippen molar-refractivity contribution in [2.24, 2.45) is 0 Å². The summed E-state index contributed by atoms with van der Waals surface area (Å²) >= 11 is 0. The van der Waals surface area contributed by atoms with Gasteiger partial charge in [0, 0.05) is 11.4 Å². The van der Waals surface area contributed by atoms with E-state index in [-0.39, 0.29) is 11.1 Å². The fourth-order valence-corrected chi connectivity index (χ4v) is 2.44. The molecule has 2 N–H and O–H groups in total. The third-order valence-electron chi connectivity index (χ3n) is 3.83. The van der Waals surface area contributed by atoms with Gasteiger partial charge in [0.25, 0.3) is 11.8 Å². The number of nitrogens with one attached hydrogen (secondary N) is 2. The van der Waals surface area contributed by atoms with Gasteiger partial charge >= 0.3 is 0 Å². The van der Waals surface area contributed by atoms with Crippen LogP contribution in [-0.4, -0.2) is 11.8 Å². The minimum atomic E-state index is -0.856. The molecule has 0 saturated heterocycles. The van der Waals surface area contributed by atoms with E-state index in [0.29, 0.717) is 11.4 Å². The first-order valence-corrected chi connectivity index (χ1v) is 8.07. The molecule has 26 heavy (non-hydrogen) atoms. The highest BCUT2D eigenvalue weighted by atomic mass is 19.1. The van der Waals surface area contributed by atoms with E-state index in [1.54, 1.807) is 36.4 Å². The molecule has 0 atom stereocenters.